The normalized spacial score (nSPS) is 18.3. The maximum Gasteiger partial charge on any atom is 0.407 e. The molecule has 1 aromatic carbocycles. The van der Waals surface area contributed by atoms with Crippen molar-refractivity contribution in [2.45, 2.75) is 25.2 Å². The topological polar surface area (TPSA) is 77.0 Å². The van der Waals surface area contributed by atoms with E-state index < -0.39 is 17.3 Å². The minimum atomic E-state index is -0.654. The predicted octanol–water partition coefficient (Wildman–Crippen LogP) is 1.67. The molecule has 0 spiro atoms. The van der Waals surface area contributed by atoms with Gasteiger partial charge in [0.15, 0.2) is 5.79 Å². The fraction of sp³-hybridized carbons (Fsp3) is 0.562. The van der Waals surface area contributed by atoms with Crippen LogP contribution in [0.2, 0.25) is 0 Å². The third kappa shape index (κ3) is 3.76. The van der Waals surface area contributed by atoms with Crippen molar-refractivity contribution >= 4 is 6.09 Å². The highest BCUT2D eigenvalue weighted by Gasteiger charge is 2.55. The maximum absolute atomic E-state index is 11.7. The zero-order valence-corrected chi connectivity index (χ0v) is 13.0. The summed E-state index contributed by atoms with van der Waals surface area (Å²) in [7, 11) is 3.15. The number of nitrogens with one attached hydrogen (secondary N) is 1. The molecule has 0 aromatic heterocycles. The van der Waals surface area contributed by atoms with Crippen molar-refractivity contribution in [1.29, 1.82) is 0 Å². The quantitative estimate of drug-likeness (QED) is 0.749. The van der Waals surface area contributed by atoms with Gasteiger partial charge >= 0.3 is 6.09 Å². The largest absolute Gasteiger partial charge is 0.445 e. The van der Waals surface area contributed by atoms with Crippen LogP contribution in [0.1, 0.15) is 18.4 Å². The van der Waals surface area contributed by atoms with Crippen LogP contribution in [0.25, 0.3) is 0 Å². The Balaban J connectivity index is 1.76. The molecule has 0 atom stereocenters. The molecule has 0 heterocycles. The first-order chi connectivity index (χ1) is 10.6. The molecule has 1 aromatic rings. The molecule has 0 bridgehead atoms. The third-order valence-corrected chi connectivity index (χ3v) is 4.19. The average molecular weight is 309 g/mol. The van der Waals surface area contributed by atoms with Crippen molar-refractivity contribution in [2.75, 3.05) is 27.4 Å². The number of amides is 1. The summed E-state index contributed by atoms with van der Waals surface area (Å²) in [6.07, 6.45) is 0.564. The van der Waals surface area contributed by atoms with Crippen LogP contribution in [-0.2, 0) is 20.8 Å². The SMILES string of the molecule is COC1(OC)CC(CO)(CNC(=O)OCc2ccccc2)C1. The standard InChI is InChI=1S/C16H23NO5/c1-20-16(21-2)9-15(10-16,12-18)11-17-14(19)22-8-13-6-4-3-5-7-13/h3-7,18H,8-12H2,1-2H3,(H,17,19). The number of rotatable bonds is 7. The molecule has 0 radical (unpaired) electrons. The first kappa shape index (κ1) is 16.7. The molecule has 122 valence electrons. The average Bonchev–Trinajstić information content (AvgIpc) is 2.54. The van der Waals surface area contributed by atoms with Gasteiger partial charge in [-0.1, -0.05) is 30.3 Å². The smallest absolute Gasteiger partial charge is 0.407 e. The lowest BCUT2D eigenvalue weighted by Gasteiger charge is -2.53. The second-order valence-electron chi connectivity index (χ2n) is 5.75. The summed E-state index contributed by atoms with van der Waals surface area (Å²) in [6.45, 7) is 0.505. The van der Waals surface area contributed by atoms with Gasteiger partial charge in [0.2, 0.25) is 0 Å². The lowest BCUT2D eigenvalue weighted by molar-refractivity contribution is -0.300. The first-order valence-corrected chi connectivity index (χ1v) is 7.23. The molecule has 6 nitrogen and oxygen atoms in total. The summed E-state index contributed by atoms with van der Waals surface area (Å²) in [4.78, 5) is 11.7. The highest BCUT2D eigenvalue weighted by atomic mass is 16.7. The van der Waals surface area contributed by atoms with Crippen LogP contribution in [0.5, 0.6) is 0 Å². The third-order valence-electron chi connectivity index (χ3n) is 4.19. The zero-order chi connectivity index (χ0) is 16.1. The van der Waals surface area contributed by atoms with Gasteiger partial charge in [-0.25, -0.2) is 4.79 Å². The Kier molecular flexibility index (Phi) is 5.39. The number of hydrogen-bond acceptors (Lipinski definition) is 5. The van der Waals surface area contributed by atoms with Gasteiger partial charge in [-0.05, 0) is 5.56 Å². The lowest BCUT2D eigenvalue weighted by Crippen LogP contribution is -2.60. The highest BCUT2D eigenvalue weighted by Crippen LogP contribution is 2.50. The number of benzene rings is 1. The molecular formula is C16H23NO5. The molecule has 2 rings (SSSR count). The molecular weight excluding hydrogens is 286 g/mol. The van der Waals surface area contributed by atoms with Gasteiger partial charge in [-0.15, -0.1) is 0 Å². The Bertz CT molecular complexity index is 479. The van der Waals surface area contributed by atoms with Gasteiger partial charge < -0.3 is 24.6 Å². The summed E-state index contributed by atoms with van der Waals surface area (Å²) in [5.74, 6) is -0.654. The maximum atomic E-state index is 11.7. The van der Waals surface area contributed by atoms with E-state index in [1.807, 2.05) is 30.3 Å². The molecule has 1 amide bonds. The highest BCUT2D eigenvalue weighted by molar-refractivity contribution is 5.67. The fourth-order valence-electron chi connectivity index (χ4n) is 2.79. The van der Waals surface area contributed by atoms with E-state index in [1.54, 1.807) is 14.2 Å². The van der Waals surface area contributed by atoms with E-state index in [1.165, 1.54) is 0 Å². The summed E-state index contributed by atoms with van der Waals surface area (Å²) in [6, 6.07) is 9.46. The molecule has 22 heavy (non-hydrogen) atoms. The van der Waals surface area contributed by atoms with Gasteiger partial charge in [-0.3, -0.25) is 0 Å². The molecule has 2 N–H and O–H groups in total. The van der Waals surface area contributed by atoms with Crippen LogP contribution in [-0.4, -0.2) is 44.4 Å². The number of hydrogen-bond donors (Lipinski definition) is 2. The van der Waals surface area contributed by atoms with Crippen molar-refractivity contribution in [3.63, 3.8) is 0 Å². The molecule has 1 aliphatic rings. The second-order valence-corrected chi connectivity index (χ2v) is 5.75. The number of alkyl carbamates (subject to hydrolysis) is 1. The van der Waals surface area contributed by atoms with Crippen molar-refractivity contribution in [3.8, 4) is 0 Å². The fourth-order valence-corrected chi connectivity index (χ4v) is 2.79. The van der Waals surface area contributed by atoms with Gasteiger partial charge in [0, 0.05) is 39.0 Å². The Labute approximate surface area is 130 Å². The molecule has 0 unspecified atom stereocenters. The van der Waals surface area contributed by atoms with Crippen LogP contribution < -0.4 is 5.32 Å². The van der Waals surface area contributed by atoms with Crippen LogP contribution in [0, 0.1) is 5.41 Å². The van der Waals surface area contributed by atoms with Crippen molar-refractivity contribution in [2.24, 2.45) is 5.41 Å². The number of ether oxygens (including phenoxy) is 3. The van der Waals surface area contributed by atoms with Crippen molar-refractivity contribution < 1.29 is 24.1 Å². The van der Waals surface area contributed by atoms with E-state index >= 15 is 0 Å². The van der Waals surface area contributed by atoms with E-state index in [-0.39, 0.29) is 13.2 Å². The van der Waals surface area contributed by atoms with Crippen molar-refractivity contribution in [3.05, 3.63) is 35.9 Å². The van der Waals surface area contributed by atoms with Gasteiger partial charge in [-0.2, -0.15) is 0 Å². The molecule has 0 saturated heterocycles. The number of methoxy groups -OCH3 is 2. The molecule has 1 aliphatic carbocycles. The zero-order valence-electron chi connectivity index (χ0n) is 13.0. The monoisotopic (exact) mass is 309 g/mol. The summed E-state index contributed by atoms with van der Waals surface area (Å²) >= 11 is 0. The van der Waals surface area contributed by atoms with Crippen LogP contribution in [0.15, 0.2) is 30.3 Å². The van der Waals surface area contributed by atoms with Crippen LogP contribution in [0.4, 0.5) is 4.79 Å². The Morgan fingerprint density at radius 1 is 1.23 bits per heavy atom. The summed E-state index contributed by atoms with van der Waals surface area (Å²) < 4.78 is 15.8. The minimum absolute atomic E-state index is 0.0412. The van der Waals surface area contributed by atoms with E-state index in [2.05, 4.69) is 5.32 Å². The predicted molar refractivity (Wildman–Crippen MR) is 80.1 cm³/mol. The van der Waals surface area contributed by atoms with Gasteiger partial charge in [0.05, 0.1) is 6.61 Å². The lowest BCUT2D eigenvalue weighted by atomic mass is 9.64. The molecule has 1 saturated carbocycles. The minimum Gasteiger partial charge on any atom is -0.445 e. The Morgan fingerprint density at radius 2 is 1.86 bits per heavy atom. The van der Waals surface area contributed by atoms with E-state index in [9.17, 15) is 9.90 Å². The van der Waals surface area contributed by atoms with Gasteiger partial charge in [0.1, 0.15) is 6.61 Å². The number of carbonyl (C=O) groups excluding carboxylic acids is 1. The number of aliphatic hydroxyl groups excluding tert-OH is 1. The Hall–Kier alpha value is -1.63. The molecule has 1 fully saturated rings. The van der Waals surface area contributed by atoms with Crippen molar-refractivity contribution in [1.82, 2.24) is 5.32 Å². The molecule has 0 aliphatic heterocycles. The first-order valence-electron chi connectivity index (χ1n) is 7.23. The van der Waals surface area contributed by atoms with E-state index in [4.69, 9.17) is 14.2 Å². The molecule has 6 heteroatoms. The van der Waals surface area contributed by atoms with Crippen LogP contribution in [0.3, 0.4) is 0 Å². The van der Waals surface area contributed by atoms with E-state index in [0.29, 0.717) is 19.4 Å². The Morgan fingerprint density at radius 3 is 2.41 bits per heavy atom. The van der Waals surface area contributed by atoms with E-state index in [0.717, 1.165) is 5.56 Å². The summed E-state index contributed by atoms with van der Waals surface area (Å²) in [5, 5.41) is 12.3. The second kappa shape index (κ2) is 7.09. The summed E-state index contributed by atoms with van der Waals surface area (Å²) in [5.41, 5.74) is 0.508. The number of carbonyl (C=O) groups is 1. The van der Waals surface area contributed by atoms with Gasteiger partial charge in [0.25, 0.3) is 0 Å². The van der Waals surface area contributed by atoms with Crippen LogP contribution >= 0.6 is 0 Å². The number of aliphatic hydroxyl groups is 1.